The standard InChI is InChI=1S/C23H25ClN4O4S/c1-15(29)26-21(12-16-14-25-20-7-3-2-6-18(16)20)23(30)27-17-8-9-19(24)22(13-17)33(31,32)28-10-4-5-11-28/h2-3,6-9,13-14,21,25H,4-5,10-12H2,1H3,(H,26,29)(H,27,30). The molecule has 10 heteroatoms. The van der Waals surface area contributed by atoms with Crippen LogP contribution in [0.4, 0.5) is 5.69 Å². The van der Waals surface area contributed by atoms with Gasteiger partial charge in [-0.2, -0.15) is 4.31 Å². The third-order valence-corrected chi connectivity index (χ3v) is 8.05. The first-order valence-corrected chi connectivity index (χ1v) is 12.5. The zero-order chi connectivity index (χ0) is 23.6. The van der Waals surface area contributed by atoms with Crippen LogP contribution in [0.3, 0.4) is 0 Å². The molecule has 1 aliphatic rings. The van der Waals surface area contributed by atoms with E-state index in [0.717, 1.165) is 29.3 Å². The number of carbonyl (C=O) groups excluding carboxylic acids is 2. The van der Waals surface area contributed by atoms with Crippen molar-refractivity contribution in [1.29, 1.82) is 0 Å². The molecule has 0 bridgehead atoms. The number of fused-ring (bicyclic) bond motifs is 1. The SMILES string of the molecule is CC(=O)NC(Cc1c[nH]c2ccccc12)C(=O)Nc1ccc(Cl)c(S(=O)(=O)N2CCCC2)c1. The van der Waals surface area contributed by atoms with Gasteiger partial charge < -0.3 is 15.6 Å². The summed E-state index contributed by atoms with van der Waals surface area (Å²) in [7, 11) is -3.76. The van der Waals surface area contributed by atoms with Crippen molar-refractivity contribution in [2.45, 2.75) is 37.1 Å². The van der Waals surface area contributed by atoms with Gasteiger partial charge in [-0.1, -0.05) is 29.8 Å². The number of carbonyl (C=O) groups is 2. The molecule has 2 heterocycles. The van der Waals surface area contributed by atoms with Gasteiger partial charge in [-0.25, -0.2) is 8.42 Å². The fourth-order valence-corrected chi connectivity index (χ4v) is 6.07. The Morgan fingerprint density at radius 2 is 1.88 bits per heavy atom. The average Bonchev–Trinajstić information content (AvgIpc) is 3.45. The smallest absolute Gasteiger partial charge is 0.247 e. The molecule has 0 saturated carbocycles. The van der Waals surface area contributed by atoms with Crippen molar-refractivity contribution >= 4 is 50.0 Å². The lowest BCUT2D eigenvalue weighted by Gasteiger charge is -2.19. The highest BCUT2D eigenvalue weighted by Crippen LogP contribution is 2.30. The van der Waals surface area contributed by atoms with Crippen LogP contribution in [0.1, 0.15) is 25.3 Å². The number of hydrogen-bond acceptors (Lipinski definition) is 4. The molecule has 0 spiro atoms. The maximum Gasteiger partial charge on any atom is 0.247 e. The van der Waals surface area contributed by atoms with Gasteiger partial charge in [-0.3, -0.25) is 9.59 Å². The summed E-state index contributed by atoms with van der Waals surface area (Å²) < 4.78 is 27.4. The number of nitrogens with zero attached hydrogens (tertiary/aromatic N) is 1. The van der Waals surface area contributed by atoms with Crippen molar-refractivity contribution in [2.75, 3.05) is 18.4 Å². The van der Waals surface area contributed by atoms with Crippen molar-refractivity contribution in [1.82, 2.24) is 14.6 Å². The van der Waals surface area contributed by atoms with Crippen molar-refractivity contribution < 1.29 is 18.0 Å². The monoisotopic (exact) mass is 488 g/mol. The van der Waals surface area contributed by atoms with Gasteiger partial charge in [-0.05, 0) is 42.7 Å². The number of aromatic amines is 1. The third kappa shape index (κ3) is 5.05. The number of amides is 2. The Morgan fingerprint density at radius 1 is 1.15 bits per heavy atom. The van der Waals surface area contributed by atoms with Gasteiger partial charge in [0, 0.05) is 49.2 Å². The summed E-state index contributed by atoms with van der Waals surface area (Å²) in [5.41, 5.74) is 2.10. The first-order chi connectivity index (χ1) is 15.8. The number of sulfonamides is 1. The lowest BCUT2D eigenvalue weighted by atomic mass is 10.0. The first-order valence-electron chi connectivity index (χ1n) is 10.7. The van der Waals surface area contributed by atoms with E-state index in [9.17, 15) is 18.0 Å². The van der Waals surface area contributed by atoms with Crippen LogP contribution in [-0.4, -0.2) is 48.7 Å². The Bertz CT molecular complexity index is 1300. The maximum atomic E-state index is 13.1. The molecule has 3 aromatic rings. The van der Waals surface area contributed by atoms with E-state index in [4.69, 9.17) is 11.6 Å². The summed E-state index contributed by atoms with van der Waals surface area (Å²) in [6.07, 6.45) is 3.69. The highest BCUT2D eigenvalue weighted by atomic mass is 35.5. The molecule has 1 aliphatic heterocycles. The summed E-state index contributed by atoms with van der Waals surface area (Å²) in [6, 6.07) is 11.2. The maximum absolute atomic E-state index is 13.1. The van der Waals surface area contributed by atoms with Gasteiger partial charge in [0.1, 0.15) is 10.9 Å². The second kappa shape index (κ2) is 9.54. The number of rotatable bonds is 7. The molecule has 2 amide bonds. The number of hydrogen-bond donors (Lipinski definition) is 3. The van der Waals surface area contributed by atoms with Gasteiger partial charge in [0.15, 0.2) is 0 Å². The normalized spacial score (nSPS) is 15.5. The van der Waals surface area contributed by atoms with Crippen LogP contribution in [0.25, 0.3) is 10.9 Å². The Morgan fingerprint density at radius 3 is 2.61 bits per heavy atom. The minimum atomic E-state index is -3.76. The van der Waals surface area contributed by atoms with Gasteiger partial charge in [0.2, 0.25) is 21.8 Å². The Balaban J connectivity index is 1.57. The first kappa shape index (κ1) is 23.3. The molecule has 2 aromatic carbocycles. The van der Waals surface area contributed by atoms with Crippen LogP contribution < -0.4 is 10.6 Å². The third-order valence-electron chi connectivity index (χ3n) is 5.67. The molecule has 174 valence electrons. The number of nitrogens with one attached hydrogen (secondary N) is 3. The second-order valence-corrected chi connectivity index (χ2v) is 10.4. The fourth-order valence-electron chi connectivity index (χ4n) is 4.05. The molecule has 3 N–H and O–H groups in total. The van der Waals surface area contributed by atoms with Crippen LogP contribution >= 0.6 is 11.6 Å². The van der Waals surface area contributed by atoms with Crippen LogP contribution in [-0.2, 0) is 26.0 Å². The predicted molar refractivity (Wildman–Crippen MR) is 128 cm³/mol. The van der Waals surface area contributed by atoms with Crippen LogP contribution in [0.5, 0.6) is 0 Å². The van der Waals surface area contributed by atoms with Gasteiger partial charge >= 0.3 is 0 Å². The van der Waals surface area contributed by atoms with Crippen LogP contribution in [0.15, 0.2) is 53.6 Å². The molecule has 33 heavy (non-hydrogen) atoms. The number of benzene rings is 2. The van der Waals surface area contributed by atoms with E-state index in [2.05, 4.69) is 15.6 Å². The molecule has 1 aromatic heterocycles. The molecular formula is C23H25ClN4O4S. The van der Waals surface area contributed by atoms with E-state index in [0.29, 0.717) is 13.1 Å². The van der Waals surface area contributed by atoms with Gasteiger partial charge in [0.05, 0.1) is 5.02 Å². The molecule has 0 aliphatic carbocycles. The van der Waals surface area contributed by atoms with Crippen molar-refractivity contribution in [3.05, 3.63) is 59.2 Å². The quantitative estimate of drug-likeness (QED) is 0.473. The van der Waals surface area contributed by atoms with E-state index < -0.39 is 22.0 Å². The molecular weight excluding hydrogens is 464 g/mol. The zero-order valence-corrected chi connectivity index (χ0v) is 19.7. The molecule has 8 nitrogen and oxygen atoms in total. The minimum absolute atomic E-state index is 0.0448. The predicted octanol–water partition coefficient (Wildman–Crippen LogP) is 3.29. The molecule has 1 fully saturated rings. The zero-order valence-electron chi connectivity index (χ0n) is 18.1. The van der Waals surface area contributed by atoms with E-state index in [1.807, 2.05) is 30.5 Å². The average molecular weight is 489 g/mol. The molecule has 4 rings (SSSR count). The van der Waals surface area contributed by atoms with E-state index in [-0.39, 0.29) is 27.9 Å². The number of halogens is 1. The number of para-hydroxylation sites is 1. The number of anilines is 1. The topological polar surface area (TPSA) is 111 Å². The second-order valence-electron chi connectivity index (χ2n) is 8.06. The number of H-pyrrole nitrogens is 1. The molecule has 1 saturated heterocycles. The molecule has 0 radical (unpaired) electrons. The summed E-state index contributed by atoms with van der Waals surface area (Å²) in [5, 5.41) is 6.48. The summed E-state index contributed by atoms with van der Waals surface area (Å²) >= 11 is 6.20. The summed E-state index contributed by atoms with van der Waals surface area (Å²) in [6.45, 7) is 2.24. The fraction of sp³-hybridized carbons (Fsp3) is 0.304. The lowest BCUT2D eigenvalue weighted by molar-refractivity contribution is -0.125. The minimum Gasteiger partial charge on any atom is -0.361 e. The van der Waals surface area contributed by atoms with Crippen molar-refractivity contribution in [3.8, 4) is 0 Å². The Labute approximate surface area is 197 Å². The van der Waals surface area contributed by atoms with Crippen LogP contribution in [0, 0.1) is 0 Å². The van der Waals surface area contributed by atoms with Gasteiger partial charge in [0.25, 0.3) is 0 Å². The summed E-state index contributed by atoms with van der Waals surface area (Å²) in [4.78, 5) is 28.0. The van der Waals surface area contributed by atoms with Crippen molar-refractivity contribution in [3.63, 3.8) is 0 Å². The van der Waals surface area contributed by atoms with Crippen molar-refractivity contribution in [2.24, 2.45) is 0 Å². The largest absolute Gasteiger partial charge is 0.361 e. The van der Waals surface area contributed by atoms with Gasteiger partial charge in [-0.15, -0.1) is 0 Å². The van der Waals surface area contributed by atoms with Crippen LogP contribution in [0.2, 0.25) is 5.02 Å². The highest BCUT2D eigenvalue weighted by molar-refractivity contribution is 7.89. The molecule has 1 atom stereocenters. The van der Waals surface area contributed by atoms with E-state index in [1.54, 1.807) is 6.07 Å². The van der Waals surface area contributed by atoms with E-state index >= 15 is 0 Å². The molecule has 1 unspecified atom stereocenters. The summed E-state index contributed by atoms with van der Waals surface area (Å²) in [5.74, 6) is -0.800. The van der Waals surface area contributed by atoms with E-state index in [1.165, 1.54) is 23.4 Å². The highest BCUT2D eigenvalue weighted by Gasteiger charge is 2.30. The lowest BCUT2D eigenvalue weighted by Crippen LogP contribution is -2.44. The Hall–Kier alpha value is -2.88. The number of aromatic nitrogens is 1. The Kier molecular flexibility index (Phi) is 6.73.